The zero-order valence-corrected chi connectivity index (χ0v) is 82.4. The number of phosphoric ester groups is 1. The maximum Gasteiger partial charge on any atom is 0.478 e. The number of unbranched alkanes of at least 4 members (excludes halogenated alkanes) is 12. The molecule has 3 unspecified atom stereocenters. The smallest absolute Gasteiger partial charge is 0.270 e. The summed E-state index contributed by atoms with van der Waals surface area (Å²) in [7, 11) is -5.53. The fraction of sp³-hybridized carbons (Fsp3) is 0.622. The molecule has 0 spiro atoms. The highest BCUT2D eigenvalue weighted by atomic mass is 31.2. The van der Waals surface area contributed by atoms with E-state index in [-0.39, 0.29) is 16.2 Å². The Kier molecular flexibility index (Phi) is 31.9. The first-order valence-corrected chi connectivity index (χ1v) is 47.0. The van der Waals surface area contributed by atoms with Crippen LogP contribution in [0.15, 0.2) is 147 Å². The molecule has 0 amide bonds. The number of rotatable bonds is 36. The van der Waals surface area contributed by atoms with Gasteiger partial charge >= 0.3 is 7.82 Å². The summed E-state index contributed by atoms with van der Waals surface area (Å²) in [5, 5.41) is 0. The van der Waals surface area contributed by atoms with Gasteiger partial charge in [-0.05, 0) is 187 Å². The molecule has 6 rings (SSSR count). The third kappa shape index (κ3) is 23.5. The molecule has 6 aromatic rings. The van der Waals surface area contributed by atoms with Crippen molar-refractivity contribution in [3.63, 3.8) is 0 Å². The topological polar surface area (TPSA) is 44.8 Å². The number of hydrogen-bond donors (Lipinski definition) is 0. The average Bonchev–Trinajstić information content (AvgIpc) is 0.705. The summed E-state index contributed by atoms with van der Waals surface area (Å²) < 4.78 is 49.3. The molecule has 0 aliphatic carbocycles. The highest BCUT2D eigenvalue weighted by molar-refractivity contribution is 7.48. The molecule has 4 nitrogen and oxygen atoms in total. The van der Waals surface area contributed by atoms with Gasteiger partial charge in [0.25, 0.3) is 0 Å². The minimum absolute atomic E-state index is 0.228. The van der Waals surface area contributed by atoms with E-state index in [4.69, 9.17) is 0 Å². The highest BCUT2D eigenvalue weighted by Gasteiger charge is 2.59. The van der Waals surface area contributed by atoms with Crippen LogP contribution in [0.5, 0.6) is 0 Å². The lowest BCUT2D eigenvalue weighted by Crippen LogP contribution is -2.43. The molecule has 644 valence electrons. The van der Waals surface area contributed by atoms with Crippen LogP contribution in [0.3, 0.4) is 0 Å². The van der Waals surface area contributed by atoms with Crippen LogP contribution in [0.2, 0.25) is 0 Å². The van der Waals surface area contributed by atoms with Crippen molar-refractivity contribution in [2.75, 3.05) is 0 Å². The normalized spacial score (nSPS) is 15.7. The standard InChI is InChI=1S/C111H171O4P/c1-40-46-49-52-55-70-109(85-64-58-79(97(7,8)9)73-91(85)100(16,17)18,88-67-61-82(106(34,35)43-4)76-94(88)103(25,26)27)113-116(112,114-110(71-56-53-50-47-41-2,86-65-59-80(98(10,11)12)74-92(86)101(19,20)21)89-68-62-83(107(36,37)44-5)77-95(89)104(28,29)30)115-111(72-57-54-51-48-42-3,87-66-60-81(99(13,14)15)75-93(87)102(22,23)24)90-69-63-84(108(38,39)45-6)78-96(90)105(31,32)33/h43-45,58-69,73-78H,4-6,40-42,46-57,70-72H2,1-3,7-39H3. The minimum Gasteiger partial charge on any atom is -0.270 e. The fourth-order valence-electron chi connectivity index (χ4n) is 17.3. The minimum atomic E-state index is -5.53. The lowest BCUT2D eigenvalue weighted by molar-refractivity contribution is -0.0534. The van der Waals surface area contributed by atoms with Crippen molar-refractivity contribution in [2.45, 2.75) is 447 Å². The van der Waals surface area contributed by atoms with Gasteiger partial charge in [-0.25, -0.2) is 4.57 Å². The SMILES string of the molecule is C=CC(C)(C)c1ccc(C(CCCCCCC)(OP(=O)(OC(CCCCCCC)(c2ccc(C(C)(C)C)cc2C(C)(C)C)c2ccc(C(C)(C)C=C)cc2C(C)(C)C)OC(CCCCCCC)(c2ccc(C(C)(C)C)cc2C(C)(C)C)c2ccc(C(C)(C)C=C)cc2C(C)(C)C)c2ccc(C(C)(C)C)cc2C(C)(C)C)c(C(C)(C)C)c1. The van der Waals surface area contributed by atoms with Crippen LogP contribution in [0.4, 0.5) is 0 Å². The maximum atomic E-state index is 21.3. The predicted octanol–water partition coefficient (Wildman–Crippen LogP) is 34.1. The average molecular weight is 1600 g/mol. The molecular formula is C111H171O4P. The number of hydrogen-bond acceptors (Lipinski definition) is 4. The predicted molar refractivity (Wildman–Crippen MR) is 510 cm³/mol. The molecule has 6 aromatic carbocycles. The monoisotopic (exact) mass is 1600 g/mol. The van der Waals surface area contributed by atoms with Crippen LogP contribution >= 0.6 is 7.82 Å². The third-order valence-corrected chi connectivity index (χ3v) is 27.2. The molecule has 0 saturated carbocycles. The van der Waals surface area contributed by atoms with Crippen LogP contribution in [0.1, 0.15) is 465 Å². The van der Waals surface area contributed by atoms with Crippen LogP contribution < -0.4 is 0 Å². The summed E-state index contributed by atoms with van der Waals surface area (Å²) in [6.45, 7) is 97.5. The lowest BCUT2D eigenvalue weighted by Gasteiger charge is -2.49. The molecule has 0 radical (unpaired) electrons. The molecule has 3 atom stereocenters. The van der Waals surface area contributed by atoms with Crippen LogP contribution in [-0.4, -0.2) is 0 Å². The summed E-state index contributed by atoms with van der Waals surface area (Å²) >= 11 is 0. The summed E-state index contributed by atoms with van der Waals surface area (Å²) in [6, 6.07) is 43.2. The van der Waals surface area contributed by atoms with Gasteiger partial charge in [-0.1, -0.05) is 454 Å². The van der Waals surface area contributed by atoms with Gasteiger partial charge in [-0.3, -0.25) is 13.6 Å². The van der Waals surface area contributed by atoms with Crippen molar-refractivity contribution in [1.29, 1.82) is 0 Å². The van der Waals surface area contributed by atoms with Crippen molar-refractivity contribution in [3.05, 3.63) is 247 Å². The Balaban J connectivity index is 2.28. The largest absolute Gasteiger partial charge is 0.478 e. The number of allylic oxidation sites excluding steroid dienone is 3. The Labute approximate surface area is 715 Å². The van der Waals surface area contributed by atoms with Gasteiger partial charge in [0.05, 0.1) is 0 Å². The van der Waals surface area contributed by atoms with Crippen LogP contribution in [0, 0.1) is 0 Å². The molecule has 0 N–H and O–H groups in total. The second-order valence-corrected chi connectivity index (χ2v) is 47.7. The van der Waals surface area contributed by atoms with E-state index in [1.54, 1.807) is 0 Å². The molecule has 116 heavy (non-hydrogen) atoms. The Morgan fingerprint density at radius 2 is 0.397 bits per heavy atom. The Hall–Kier alpha value is -5.35. The number of phosphoric acid groups is 1. The Morgan fingerprint density at radius 1 is 0.233 bits per heavy atom. The van der Waals surface area contributed by atoms with E-state index in [9.17, 15) is 13.6 Å². The van der Waals surface area contributed by atoms with Crippen molar-refractivity contribution in [3.8, 4) is 0 Å². The van der Waals surface area contributed by atoms with E-state index in [0.717, 1.165) is 180 Å². The summed E-state index contributed by atoms with van der Waals surface area (Å²) in [6.07, 6.45) is 22.4. The summed E-state index contributed by atoms with van der Waals surface area (Å²) in [5.41, 5.74) is 10.2. The molecule has 0 fully saturated rings. The van der Waals surface area contributed by atoms with E-state index in [1.165, 1.54) is 16.7 Å². The fourth-order valence-corrected chi connectivity index (χ4v) is 19.4. The van der Waals surface area contributed by atoms with E-state index in [0.29, 0.717) is 19.3 Å². The Bertz CT molecular complexity index is 3900. The molecule has 5 heteroatoms. The van der Waals surface area contributed by atoms with Gasteiger partial charge in [0.1, 0.15) is 16.8 Å². The van der Waals surface area contributed by atoms with E-state index >= 15 is 4.57 Å². The van der Waals surface area contributed by atoms with Crippen molar-refractivity contribution >= 4 is 7.82 Å². The molecule has 0 heterocycles. The first-order valence-electron chi connectivity index (χ1n) is 45.5. The van der Waals surface area contributed by atoms with Crippen LogP contribution in [0.25, 0.3) is 0 Å². The third-order valence-electron chi connectivity index (χ3n) is 25.6. The van der Waals surface area contributed by atoms with Gasteiger partial charge in [0.2, 0.25) is 0 Å². The Morgan fingerprint density at radius 3 is 0.552 bits per heavy atom. The molecule has 0 saturated heterocycles. The van der Waals surface area contributed by atoms with Gasteiger partial charge in [0, 0.05) is 16.2 Å². The summed E-state index contributed by atoms with van der Waals surface area (Å²) in [4.78, 5) is 0. The molecule has 0 aliphatic rings. The molecular weight excluding hydrogens is 1430 g/mol. The summed E-state index contributed by atoms with van der Waals surface area (Å²) in [5.74, 6) is 0. The zero-order valence-electron chi connectivity index (χ0n) is 81.6. The maximum absolute atomic E-state index is 21.3. The molecule has 0 aliphatic heterocycles. The van der Waals surface area contributed by atoms with E-state index in [1.807, 2.05) is 0 Å². The van der Waals surface area contributed by atoms with Crippen molar-refractivity contribution in [2.24, 2.45) is 0 Å². The van der Waals surface area contributed by atoms with E-state index < -0.39 is 73.4 Å². The van der Waals surface area contributed by atoms with E-state index in [2.05, 4.69) is 396 Å². The van der Waals surface area contributed by atoms with Gasteiger partial charge in [0.15, 0.2) is 0 Å². The number of benzene rings is 6. The van der Waals surface area contributed by atoms with Gasteiger partial charge in [-0.15, -0.1) is 19.7 Å². The van der Waals surface area contributed by atoms with Gasteiger partial charge in [-0.2, -0.15) is 0 Å². The second kappa shape index (κ2) is 37.2. The van der Waals surface area contributed by atoms with Crippen molar-refractivity contribution < 1.29 is 18.1 Å². The molecule has 0 bridgehead atoms. The first-order chi connectivity index (χ1) is 53.0. The van der Waals surface area contributed by atoms with Crippen LogP contribution in [-0.2, 0) is 99.9 Å². The molecule has 0 aromatic heterocycles. The zero-order chi connectivity index (χ0) is 88.1. The van der Waals surface area contributed by atoms with Gasteiger partial charge < -0.3 is 0 Å². The van der Waals surface area contributed by atoms with Crippen molar-refractivity contribution in [1.82, 2.24) is 0 Å². The lowest BCUT2D eigenvalue weighted by atomic mass is 9.68. The second-order valence-electron chi connectivity index (χ2n) is 46.3. The first kappa shape index (κ1) is 99.5. The highest BCUT2D eigenvalue weighted by Crippen LogP contribution is 2.70. The quantitative estimate of drug-likeness (QED) is 0.0223.